The Bertz CT molecular complexity index is 436. The summed E-state index contributed by atoms with van der Waals surface area (Å²) in [6.07, 6.45) is 1.04. The lowest BCUT2D eigenvalue weighted by molar-refractivity contribution is -0.128. The summed E-state index contributed by atoms with van der Waals surface area (Å²) < 4.78 is 0. The second-order valence-corrected chi connectivity index (χ2v) is 5.33. The number of hydrogen-bond acceptors (Lipinski definition) is 2. The molecule has 1 aliphatic heterocycles. The summed E-state index contributed by atoms with van der Waals surface area (Å²) in [5.74, 6) is 0.677. The van der Waals surface area contributed by atoms with Gasteiger partial charge in [-0.2, -0.15) is 0 Å². The number of carbonyl (C=O) groups excluding carboxylic acids is 1. The lowest BCUT2D eigenvalue weighted by Gasteiger charge is -2.27. The zero-order valence-corrected chi connectivity index (χ0v) is 11.6. The van der Waals surface area contributed by atoms with Gasteiger partial charge in [-0.05, 0) is 23.6 Å². The van der Waals surface area contributed by atoms with Crippen molar-refractivity contribution >= 4 is 17.5 Å². The molecule has 98 valence electrons. The third-order valence-corrected chi connectivity index (χ3v) is 3.68. The van der Waals surface area contributed by atoms with Gasteiger partial charge >= 0.3 is 0 Å². The van der Waals surface area contributed by atoms with Crippen molar-refractivity contribution < 1.29 is 4.79 Å². The number of nitrogens with one attached hydrogen (secondary N) is 1. The molecule has 0 spiro atoms. The van der Waals surface area contributed by atoms with E-state index in [1.807, 2.05) is 29.2 Å². The van der Waals surface area contributed by atoms with E-state index < -0.39 is 0 Å². The van der Waals surface area contributed by atoms with Crippen LogP contribution in [0.15, 0.2) is 24.3 Å². The Morgan fingerprint density at radius 1 is 1.56 bits per heavy atom. The van der Waals surface area contributed by atoms with Crippen LogP contribution in [0.3, 0.4) is 0 Å². The SMILES string of the molecule is CCC(C)CN1C(=O)CNC1c1cccc(Cl)c1. The first-order valence-corrected chi connectivity index (χ1v) is 6.78. The second-order valence-electron chi connectivity index (χ2n) is 4.90. The van der Waals surface area contributed by atoms with Gasteiger partial charge in [-0.15, -0.1) is 0 Å². The number of nitrogens with zero attached hydrogens (tertiary/aromatic N) is 1. The lowest BCUT2D eigenvalue weighted by atomic mass is 10.1. The number of hydrogen-bond donors (Lipinski definition) is 1. The van der Waals surface area contributed by atoms with Crippen LogP contribution in [0, 0.1) is 5.92 Å². The van der Waals surface area contributed by atoms with E-state index in [0.717, 1.165) is 18.5 Å². The Morgan fingerprint density at radius 2 is 2.33 bits per heavy atom. The highest BCUT2D eigenvalue weighted by molar-refractivity contribution is 6.30. The van der Waals surface area contributed by atoms with Crippen LogP contribution in [0.2, 0.25) is 5.02 Å². The lowest BCUT2D eigenvalue weighted by Crippen LogP contribution is -2.33. The fourth-order valence-corrected chi connectivity index (χ4v) is 2.39. The summed E-state index contributed by atoms with van der Waals surface area (Å²) in [5, 5.41) is 3.95. The summed E-state index contributed by atoms with van der Waals surface area (Å²) in [6.45, 7) is 5.51. The van der Waals surface area contributed by atoms with Crippen LogP contribution in [0.25, 0.3) is 0 Å². The van der Waals surface area contributed by atoms with Gasteiger partial charge in [0.1, 0.15) is 6.17 Å². The van der Waals surface area contributed by atoms with E-state index in [1.54, 1.807) is 0 Å². The highest BCUT2D eigenvalue weighted by Gasteiger charge is 2.32. The third kappa shape index (κ3) is 2.85. The van der Waals surface area contributed by atoms with Crippen LogP contribution in [0.1, 0.15) is 32.0 Å². The molecular weight excluding hydrogens is 248 g/mol. The fraction of sp³-hybridized carbons (Fsp3) is 0.500. The largest absolute Gasteiger partial charge is 0.322 e. The Kier molecular flexibility index (Phi) is 4.25. The maximum Gasteiger partial charge on any atom is 0.238 e. The van der Waals surface area contributed by atoms with Crippen molar-refractivity contribution in [2.24, 2.45) is 5.92 Å². The molecule has 2 unspecified atom stereocenters. The molecule has 0 saturated carbocycles. The fourth-order valence-electron chi connectivity index (χ4n) is 2.19. The van der Waals surface area contributed by atoms with Crippen LogP contribution in [-0.2, 0) is 4.79 Å². The van der Waals surface area contributed by atoms with Crippen LogP contribution < -0.4 is 5.32 Å². The zero-order chi connectivity index (χ0) is 13.1. The molecular formula is C14H19ClN2O. The van der Waals surface area contributed by atoms with Crippen LogP contribution in [0.4, 0.5) is 0 Å². The average Bonchev–Trinajstić information content (AvgIpc) is 2.71. The van der Waals surface area contributed by atoms with Gasteiger partial charge in [0.15, 0.2) is 0 Å². The van der Waals surface area contributed by atoms with Crippen molar-refractivity contribution in [2.75, 3.05) is 13.1 Å². The van der Waals surface area contributed by atoms with Crippen LogP contribution in [-0.4, -0.2) is 23.9 Å². The molecule has 1 saturated heterocycles. The Labute approximate surface area is 113 Å². The Hall–Kier alpha value is -1.06. The first-order chi connectivity index (χ1) is 8.61. The van der Waals surface area contributed by atoms with Gasteiger partial charge in [-0.3, -0.25) is 10.1 Å². The van der Waals surface area contributed by atoms with Crippen molar-refractivity contribution in [1.29, 1.82) is 0 Å². The van der Waals surface area contributed by atoms with Gasteiger partial charge in [-0.25, -0.2) is 0 Å². The number of rotatable bonds is 4. The van der Waals surface area contributed by atoms with Crippen molar-refractivity contribution in [3.05, 3.63) is 34.9 Å². The third-order valence-electron chi connectivity index (χ3n) is 3.45. The molecule has 18 heavy (non-hydrogen) atoms. The van der Waals surface area contributed by atoms with E-state index in [9.17, 15) is 4.79 Å². The van der Waals surface area contributed by atoms with Crippen LogP contribution >= 0.6 is 11.6 Å². The first-order valence-electron chi connectivity index (χ1n) is 6.40. The minimum Gasteiger partial charge on any atom is -0.322 e. The van der Waals surface area contributed by atoms with Crippen molar-refractivity contribution in [2.45, 2.75) is 26.4 Å². The molecule has 4 heteroatoms. The van der Waals surface area contributed by atoms with Crippen molar-refractivity contribution in [1.82, 2.24) is 10.2 Å². The predicted octanol–water partition coefficient (Wildman–Crippen LogP) is 2.82. The molecule has 3 nitrogen and oxygen atoms in total. The van der Waals surface area contributed by atoms with E-state index >= 15 is 0 Å². The maximum absolute atomic E-state index is 11.9. The van der Waals surface area contributed by atoms with Gasteiger partial charge in [0.05, 0.1) is 6.54 Å². The summed E-state index contributed by atoms with van der Waals surface area (Å²) >= 11 is 6.01. The molecule has 1 N–H and O–H groups in total. The summed E-state index contributed by atoms with van der Waals surface area (Å²) in [5.41, 5.74) is 1.05. The number of carbonyl (C=O) groups is 1. The predicted molar refractivity (Wildman–Crippen MR) is 73.4 cm³/mol. The molecule has 1 aliphatic rings. The van der Waals surface area contributed by atoms with Gasteiger partial charge in [0.25, 0.3) is 0 Å². The minimum absolute atomic E-state index is 0.0369. The molecule has 0 bridgehead atoms. The van der Waals surface area contributed by atoms with E-state index in [0.29, 0.717) is 17.5 Å². The molecule has 1 aromatic carbocycles. The number of amides is 1. The average molecular weight is 267 g/mol. The van der Waals surface area contributed by atoms with Crippen LogP contribution in [0.5, 0.6) is 0 Å². The Morgan fingerprint density at radius 3 is 3.00 bits per heavy atom. The minimum atomic E-state index is -0.0369. The highest BCUT2D eigenvalue weighted by atomic mass is 35.5. The molecule has 0 radical (unpaired) electrons. The molecule has 2 rings (SSSR count). The Balaban J connectivity index is 2.18. The maximum atomic E-state index is 11.9. The normalized spacial score (nSPS) is 21.4. The molecule has 1 aromatic rings. The van der Waals surface area contributed by atoms with Crippen molar-refractivity contribution in [3.8, 4) is 0 Å². The zero-order valence-electron chi connectivity index (χ0n) is 10.8. The first kappa shape index (κ1) is 13.4. The van der Waals surface area contributed by atoms with Crippen molar-refractivity contribution in [3.63, 3.8) is 0 Å². The molecule has 1 heterocycles. The van der Waals surface area contributed by atoms with Gasteiger partial charge in [0.2, 0.25) is 5.91 Å². The molecule has 2 atom stereocenters. The molecule has 1 fully saturated rings. The molecule has 0 aliphatic carbocycles. The van der Waals surface area contributed by atoms with Gasteiger partial charge < -0.3 is 4.90 Å². The highest BCUT2D eigenvalue weighted by Crippen LogP contribution is 2.25. The molecule has 1 amide bonds. The smallest absolute Gasteiger partial charge is 0.238 e. The topological polar surface area (TPSA) is 32.3 Å². The summed E-state index contributed by atoms with van der Waals surface area (Å²) in [6, 6.07) is 7.69. The number of benzene rings is 1. The van der Waals surface area contributed by atoms with Gasteiger partial charge in [0, 0.05) is 11.6 Å². The van der Waals surface area contributed by atoms with Gasteiger partial charge in [-0.1, -0.05) is 44.0 Å². The van der Waals surface area contributed by atoms with E-state index in [1.165, 1.54) is 0 Å². The molecule has 0 aromatic heterocycles. The summed E-state index contributed by atoms with van der Waals surface area (Å²) in [7, 11) is 0. The quantitative estimate of drug-likeness (QED) is 0.909. The summed E-state index contributed by atoms with van der Waals surface area (Å²) in [4.78, 5) is 13.8. The van der Waals surface area contributed by atoms with E-state index in [4.69, 9.17) is 11.6 Å². The monoisotopic (exact) mass is 266 g/mol. The van der Waals surface area contributed by atoms with E-state index in [-0.39, 0.29) is 12.1 Å². The standard InChI is InChI=1S/C14H19ClN2O/c1-3-10(2)9-17-13(18)8-16-14(17)11-5-4-6-12(15)7-11/h4-7,10,14,16H,3,8-9H2,1-2H3. The number of halogens is 1. The van der Waals surface area contributed by atoms with E-state index in [2.05, 4.69) is 19.2 Å². The second kappa shape index (κ2) is 5.72.